The summed E-state index contributed by atoms with van der Waals surface area (Å²) in [7, 11) is -2.46. The predicted octanol–water partition coefficient (Wildman–Crippen LogP) is 1.70. The van der Waals surface area contributed by atoms with E-state index in [2.05, 4.69) is 26.6 Å². The Morgan fingerprint density at radius 2 is 1.85 bits per heavy atom. The molecule has 2 rings (SSSR count). The maximum absolute atomic E-state index is 12.6. The standard InChI is InChI=1S/C24H43N5O7S3/c1-24(2,3)36-23(33)28-16(21(31)26-13-14-38-39(4,34)35)9-7-8-12-25-19(30)11-6-5-10-18-20-17(15-37-18)27-22(32)29-20/h16-18,20H,5-15H2,1-4H3,(H,25,30)(H,26,31)(H,28,33)(H2,27,29,32)/t16-,17?,18-,20?/m0/s1. The molecule has 2 aliphatic heterocycles. The summed E-state index contributed by atoms with van der Waals surface area (Å²) in [5.41, 5.74) is -0.719. The van der Waals surface area contributed by atoms with E-state index in [9.17, 15) is 27.6 Å². The number of unbranched alkanes of at least 4 members (excludes halogenated alkanes) is 2. The van der Waals surface area contributed by atoms with Crippen LogP contribution in [-0.4, -0.2) is 92.2 Å². The number of thioether (sulfide) groups is 1. The van der Waals surface area contributed by atoms with Gasteiger partial charge in [0.15, 0.2) is 8.87 Å². The lowest BCUT2D eigenvalue weighted by Gasteiger charge is -2.23. The molecular formula is C24H43N5O7S3. The van der Waals surface area contributed by atoms with Crippen molar-refractivity contribution in [1.82, 2.24) is 26.6 Å². The lowest BCUT2D eigenvalue weighted by molar-refractivity contribution is -0.123. The second-order valence-corrected chi connectivity index (χ2v) is 16.6. The Morgan fingerprint density at radius 1 is 1.10 bits per heavy atom. The van der Waals surface area contributed by atoms with E-state index in [0.717, 1.165) is 42.1 Å². The number of alkyl carbamates (subject to hydrolysis) is 1. The number of rotatable bonds is 16. The lowest BCUT2D eigenvalue weighted by Crippen LogP contribution is -2.48. The van der Waals surface area contributed by atoms with Gasteiger partial charge in [-0.15, -0.1) is 0 Å². The molecule has 2 fully saturated rings. The Morgan fingerprint density at radius 3 is 2.54 bits per heavy atom. The highest BCUT2D eigenvalue weighted by Crippen LogP contribution is 2.33. The fourth-order valence-corrected chi connectivity index (χ4v) is 7.46. The molecule has 2 heterocycles. The fraction of sp³-hybridized carbons (Fsp3) is 0.833. The van der Waals surface area contributed by atoms with Crippen LogP contribution >= 0.6 is 22.6 Å². The second-order valence-electron chi connectivity index (χ2n) is 10.7. The van der Waals surface area contributed by atoms with Crippen molar-refractivity contribution < 1.29 is 32.3 Å². The van der Waals surface area contributed by atoms with Crippen LogP contribution in [0.4, 0.5) is 9.59 Å². The van der Waals surface area contributed by atoms with Gasteiger partial charge in [-0.05, 0) is 63.7 Å². The van der Waals surface area contributed by atoms with Gasteiger partial charge in [-0.25, -0.2) is 18.0 Å². The number of carbonyl (C=O) groups excluding carboxylic acids is 4. The molecule has 2 aliphatic rings. The van der Waals surface area contributed by atoms with Gasteiger partial charge in [0.2, 0.25) is 11.8 Å². The number of nitrogens with one attached hydrogen (secondary N) is 5. The van der Waals surface area contributed by atoms with Crippen molar-refractivity contribution in [3.63, 3.8) is 0 Å². The Hall–Kier alpha value is -1.87. The summed E-state index contributed by atoms with van der Waals surface area (Å²) in [5.74, 6) is 0.683. The maximum atomic E-state index is 12.6. The number of fused-ring (bicyclic) bond motifs is 1. The van der Waals surface area contributed by atoms with Crippen molar-refractivity contribution in [3.05, 3.63) is 0 Å². The number of hydrogen-bond donors (Lipinski definition) is 5. The van der Waals surface area contributed by atoms with Crippen LogP contribution in [-0.2, 0) is 23.2 Å². The molecular weight excluding hydrogens is 566 g/mol. The molecule has 2 saturated heterocycles. The zero-order chi connectivity index (χ0) is 29.1. The van der Waals surface area contributed by atoms with Crippen LogP contribution in [0.15, 0.2) is 0 Å². The molecule has 0 radical (unpaired) electrons. The fourth-order valence-electron chi connectivity index (χ4n) is 4.27. The van der Waals surface area contributed by atoms with Crippen LogP contribution < -0.4 is 26.6 Å². The van der Waals surface area contributed by atoms with Gasteiger partial charge in [-0.2, -0.15) is 11.8 Å². The molecule has 15 heteroatoms. The van der Waals surface area contributed by atoms with Gasteiger partial charge in [-0.3, -0.25) is 9.59 Å². The van der Waals surface area contributed by atoms with E-state index in [0.29, 0.717) is 37.5 Å². The summed E-state index contributed by atoms with van der Waals surface area (Å²) < 4.78 is 27.7. The zero-order valence-electron chi connectivity index (χ0n) is 23.2. The Kier molecular flexibility index (Phi) is 13.5. The van der Waals surface area contributed by atoms with E-state index in [1.165, 1.54) is 0 Å². The number of carbonyl (C=O) groups is 4. The molecule has 0 aromatic heterocycles. The first kappa shape index (κ1) is 33.3. The van der Waals surface area contributed by atoms with E-state index in [4.69, 9.17) is 4.74 Å². The van der Waals surface area contributed by atoms with Crippen LogP contribution in [0.5, 0.6) is 0 Å². The number of hydrogen-bond acceptors (Lipinski definition) is 9. The molecule has 39 heavy (non-hydrogen) atoms. The summed E-state index contributed by atoms with van der Waals surface area (Å²) in [4.78, 5) is 48.5. The van der Waals surface area contributed by atoms with E-state index < -0.39 is 32.5 Å². The maximum Gasteiger partial charge on any atom is 0.408 e. The first-order chi connectivity index (χ1) is 18.2. The summed E-state index contributed by atoms with van der Waals surface area (Å²) in [6.45, 7) is 5.78. The Labute approximate surface area is 239 Å². The molecule has 5 amide bonds. The molecule has 12 nitrogen and oxygen atoms in total. The van der Waals surface area contributed by atoms with Crippen LogP contribution in [0.1, 0.15) is 65.7 Å². The molecule has 0 bridgehead atoms. The van der Waals surface area contributed by atoms with Gasteiger partial charge in [0.1, 0.15) is 11.6 Å². The highest BCUT2D eigenvalue weighted by molar-refractivity contribution is 8.71. The number of ether oxygens (including phenoxy) is 1. The summed E-state index contributed by atoms with van der Waals surface area (Å²) >= 11 is 1.87. The van der Waals surface area contributed by atoms with Crippen molar-refractivity contribution in [2.45, 2.75) is 94.7 Å². The second kappa shape index (κ2) is 15.8. The van der Waals surface area contributed by atoms with Gasteiger partial charge in [0.05, 0.1) is 12.1 Å². The van der Waals surface area contributed by atoms with Gasteiger partial charge < -0.3 is 31.3 Å². The quantitative estimate of drug-likeness (QED) is 0.0992. The van der Waals surface area contributed by atoms with Crippen LogP contribution in [0.3, 0.4) is 0 Å². The van der Waals surface area contributed by atoms with E-state index >= 15 is 0 Å². The van der Waals surface area contributed by atoms with Gasteiger partial charge in [-0.1, -0.05) is 6.42 Å². The SMILES string of the molecule is CC(C)(C)OC(=O)N[C@@H](CCCCNC(=O)CCCC[C@@H]1SCC2NC(=O)NC21)C(=O)NCCSS(C)(=O)=O. The predicted molar refractivity (Wildman–Crippen MR) is 154 cm³/mol. The van der Waals surface area contributed by atoms with Gasteiger partial charge in [0, 0.05) is 42.5 Å². The third-order valence-electron chi connectivity index (χ3n) is 6.03. The van der Waals surface area contributed by atoms with E-state index in [-0.39, 0.29) is 36.3 Å². The van der Waals surface area contributed by atoms with E-state index in [1.54, 1.807) is 20.8 Å². The van der Waals surface area contributed by atoms with Crippen molar-refractivity contribution >= 4 is 55.4 Å². The molecule has 224 valence electrons. The normalized spacial score (nSPS) is 21.3. The van der Waals surface area contributed by atoms with Gasteiger partial charge in [0.25, 0.3) is 0 Å². The summed E-state index contributed by atoms with van der Waals surface area (Å²) in [6.07, 6.45) is 5.03. The highest BCUT2D eigenvalue weighted by atomic mass is 33.1. The van der Waals surface area contributed by atoms with Gasteiger partial charge >= 0.3 is 12.1 Å². The molecule has 0 saturated carbocycles. The monoisotopic (exact) mass is 609 g/mol. The lowest BCUT2D eigenvalue weighted by atomic mass is 10.0. The smallest absolute Gasteiger partial charge is 0.408 e. The third-order valence-corrected chi connectivity index (χ3v) is 10.1. The number of amides is 5. The molecule has 0 aliphatic carbocycles. The minimum atomic E-state index is -3.20. The Bertz CT molecular complexity index is 958. The van der Waals surface area contributed by atoms with Crippen LogP contribution in [0.25, 0.3) is 0 Å². The molecule has 0 aromatic carbocycles. The zero-order valence-corrected chi connectivity index (χ0v) is 25.6. The topological polar surface area (TPSA) is 172 Å². The molecule has 0 aromatic rings. The molecule has 4 atom stereocenters. The largest absolute Gasteiger partial charge is 0.444 e. The molecule has 0 spiro atoms. The highest BCUT2D eigenvalue weighted by Gasteiger charge is 2.42. The summed E-state index contributed by atoms with van der Waals surface area (Å²) in [6, 6.07) is -0.546. The summed E-state index contributed by atoms with van der Waals surface area (Å²) in [5, 5.41) is 14.4. The third kappa shape index (κ3) is 13.8. The van der Waals surface area contributed by atoms with E-state index in [1.807, 2.05) is 11.8 Å². The average Bonchev–Trinajstić information content (AvgIpc) is 3.35. The molecule has 2 unspecified atom stereocenters. The average molecular weight is 610 g/mol. The first-order valence-corrected chi connectivity index (χ1v) is 17.7. The van der Waals surface area contributed by atoms with Crippen molar-refractivity contribution in [1.29, 1.82) is 0 Å². The van der Waals surface area contributed by atoms with Crippen molar-refractivity contribution in [2.24, 2.45) is 0 Å². The Balaban J connectivity index is 1.64. The number of urea groups is 1. The minimum Gasteiger partial charge on any atom is -0.444 e. The van der Waals surface area contributed by atoms with Crippen molar-refractivity contribution in [3.8, 4) is 0 Å². The van der Waals surface area contributed by atoms with Crippen molar-refractivity contribution in [2.75, 3.05) is 30.9 Å². The first-order valence-electron chi connectivity index (χ1n) is 13.3. The molecule has 5 N–H and O–H groups in total. The minimum absolute atomic E-state index is 0.0210. The van der Waals surface area contributed by atoms with Crippen LogP contribution in [0, 0.1) is 0 Å². The van der Waals surface area contributed by atoms with Crippen LogP contribution in [0.2, 0.25) is 0 Å².